The molecule has 0 aliphatic carbocycles. The van der Waals surface area contributed by atoms with Gasteiger partial charge in [-0.3, -0.25) is 0 Å². The lowest BCUT2D eigenvalue weighted by Gasteiger charge is -2.14. The van der Waals surface area contributed by atoms with E-state index in [2.05, 4.69) is 9.05 Å². The topological polar surface area (TPSA) is 127 Å². The summed E-state index contributed by atoms with van der Waals surface area (Å²) in [6.07, 6.45) is 4.15. The van der Waals surface area contributed by atoms with Gasteiger partial charge in [0.15, 0.2) is 0 Å². The minimum Gasteiger partial charge on any atom is -0.385 e. The van der Waals surface area contributed by atoms with Gasteiger partial charge >= 0.3 is 27.1 Å². The summed E-state index contributed by atoms with van der Waals surface area (Å²) in [7, 11) is -9.04. The van der Waals surface area contributed by atoms with Crippen molar-refractivity contribution in [2.24, 2.45) is 0 Å². The molecular formula is C16H22Cl4O8P2. The summed E-state index contributed by atoms with van der Waals surface area (Å²) in [6, 6.07) is 0. The molecule has 2 unspecified atom stereocenters. The first-order chi connectivity index (χ1) is 14.0. The maximum Gasteiger partial charge on any atom is 0.406 e. The van der Waals surface area contributed by atoms with Gasteiger partial charge < -0.3 is 18.8 Å². The maximum atomic E-state index is 12.2. The zero-order chi connectivity index (χ0) is 23.2. The summed E-state index contributed by atoms with van der Waals surface area (Å²) in [4.78, 5) is 43.4. The first-order valence-corrected chi connectivity index (χ1v) is 13.8. The number of rotatable bonds is 14. The Morgan fingerprint density at radius 2 is 1.03 bits per heavy atom. The number of halogens is 4. The Kier molecular flexibility index (Phi) is 15.3. The van der Waals surface area contributed by atoms with E-state index in [-0.39, 0.29) is 59.8 Å². The van der Waals surface area contributed by atoms with E-state index in [4.69, 9.17) is 46.4 Å². The van der Waals surface area contributed by atoms with Crippen LogP contribution >= 0.6 is 61.6 Å². The highest BCUT2D eigenvalue weighted by atomic mass is 35.5. The Bertz CT molecular complexity index is 704. The molecule has 0 aromatic heterocycles. The molecule has 172 valence electrons. The molecule has 0 aromatic carbocycles. The lowest BCUT2D eigenvalue weighted by atomic mass is 10.3. The van der Waals surface area contributed by atoms with E-state index in [1.165, 1.54) is 12.2 Å². The Hall–Kier alpha value is -0.300. The molecule has 30 heavy (non-hydrogen) atoms. The number of hydrogen-bond acceptors (Lipinski definition) is 6. The zero-order valence-electron chi connectivity index (χ0n) is 15.7. The lowest BCUT2D eigenvalue weighted by molar-refractivity contribution is -0.132. The van der Waals surface area contributed by atoms with Gasteiger partial charge in [-0.2, -0.15) is 0 Å². The number of carbonyl (C=O) groups excluding carboxylic acids is 2. The van der Waals surface area contributed by atoms with E-state index in [1.54, 1.807) is 0 Å². The third-order valence-electron chi connectivity index (χ3n) is 3.19. The smallest absolute Gasteiger partial charge is 0.385 e. The van der Waals surface area contributed by atoms with Crippen molar-refractivity contribution in [1.29, 1.82) is 0 Å². The van der Waals surface area contributed by atoms with Crippen molar-refractivity contribution in [3.63, 3.8) is 0 Å². The van der Waals surface area contributed by atoms with Crippen molar-refractivity contribution in [2.75, 3.05) is 23.5 Å². The second-order valence-corrected chi connectivity index (χ2v) is 10.5. The number of carbonyl (C=O) groups is 2. The molecule has 2 N–H and O–H groups in total. The fourth-order valence-electron chi connectivity index (χ4n) is 1.91. The quantitative estimate of drug-likeness (QED) is 0.171. The predicted octanol–water partition coefficient (Wildman–Crippen LogP) is 5.28. The van der Waals surface area contributed by atoms with Crippen LogP contribution in [0, 0.1) is 0 Å². The van der Waals surface area contributed by atoms with Gasteiger partial charge in [-0.15, -0.1) is 46.4 Å². The molecule has 0 aromatic rings. The fourth-order valence-corrected chi connectivity index (χ4v) is 5.15. The fraction of sp³-hybridized carbons (Fsp3) is 0.500. The summed E-state index contributed by atoms with van der Waals surface area (Å²) >= 11 is 22.2. The molecule has 0 saturated carbocycles. The second kappa shape index (κ2) is 15.5. The predicted molar refractivity (Wildman–Crippen MR) is 118 cm³/mol. The van der Waals surface area contributed by atoms with E-state index in [9.17, 15) is 28.5 Å². The molecule has 2 atom stereocenters. The standard InChI is InChI=1S/C16H22Cl4O8P2/c17-9-1-3-13(7-11-19)29(23,24)27-15(21)5-6-16(22)28-30(25,26)14(8-12-20)4-2-10-18/h3-6H,1-2,7-12H2,(H,23,24)(H,25,26)/b6-5-,13-3?,14-4?. The summed E-state index contributed by atoms with van der Waals surface area (Å²) in [5, 5.41) is -0.199. The van der Waals surface area contributed by atoms with Gasteiger partial charge in [-0.25, -0.2) is 18.7 Å². The highest BCUT2D eigenvalue weighted by Gasteiger charge is 2.30. The summed E-state index contributed by atoms with van der Waals surface area (Å²) < 4.78 is 33.5. The molecular weight excluding hydrogens is 524 g/mol. The third kappa shape index (κ3) is 11.9. The molecule has 0 spiro atoms. The monoisotopic (exact) mass is 544 g/mol. The van der Waals surface area contributed by atoms with Gasteiger partial charge in [0.2, 0.25) is 0 Å². The molecule has 0 bridgehead atoms. The minimum absolute atomic E-state index is 0.00599. The van der Waals surface area contributed by atoms with Crippen LogP contribution in [-0.4, -0.2) is 45.2 Å². The molecule has 0 aliphatic heterocycles. The lowest BCUT2D eigenvalue weighted by Crippen LogP contribution is -2.05. The Balaban J connectivity index is 5.15. The second-order valence-electron chi connectivity index (χ2n) is 5.42. The molecule has 14 heteroatoms. The molecule has 0 amide bonds. The average Bonchev–Trinajstić information content (AvgIpc) is 2.65. The molecule has 0 heterocycles. The van der Waals surface area contributed by atoms with Crippen molar-refractivity contribution >= 4 is 73.5 Å². The van der Waals surface area contributed by atoms with Gasteiger partial charge in [0.25, 0.3) is 0 Å². The van der Waals surface area contributed by atoms with Crippen molar-refractivity contribution in [3.05, 3.63) is 34.9 Å². The Labute approximate surface area is 194 Å². The Morgan fingerprint density at radius 1 is 0.700 bits per heavy atom. The van der Waals surface area contributed by atoms with Crippen molar-refractivity contribution in [2.45, 2.75) is 25.7 Å². The Morgan fingerprint density at radius 3 is 1.30 bits per heavy atom. The third-order valence-corrected chi connectivity index (χ3v) is 7.12. The van der Waals surface area contributed by atoms with Crippen LogP contribution < -0.4 is 0 Å². The van der Waals surface area contributed by atoms with Crippen LogP contribution in [-0.2, 0) is 27.8 Å². The number of hydrogen-bond donors (Lipinski definition) is 2. The van der Waals surface area contributed by atoms with Crippen LogP contribution in [0.25, 0.3) is 0 Å². The SMILES string of the molecule is O=C(/C=C\C(=O)OP(=O)(O)C(=CCCCl)CCCl)OP(=O)(O)C(=CCCCl)CCCl. The molecule has 0 rings (SSSR count). The highest BCUT2D eigenvalue weighted by molar-refractivity contribution is 7.58. The summed E-state index contributed by atoms with van der Waals surface area (Å²) in [6.45, 7) is 0. The molecule has 0 aliphatic rings. The van der Waals surface area contributed by atoms with Gasteiger partial charge in [-0.05, 0) is 25.7 Å². The van der Waals surface area contributed by atoms with Crippen molar-refractivity contribution < 1.29 is 37.6 Å². The van der Waals surface area contributed by atoms with E-state index in [1.807, 2.05) is 0 Å². The first-order valence-electron chi connectivity index (χ1n) is 8.47. The van der Waals surface area contributed by atoms with Crippen LogP contribution in [0.4, 0.5) is 0 Å². The van der Waals surface area contributed by atoms with Gasteiger partial charge in [0, 0.05) is 35.7 Å². The summed E-state index contributed by atoms with van der Waals surface area (Å²) in [5.41, 5.74) is 0. The first kappa shape index (κ1) is 29.7. The van der Waals surface area contributed by atoms with Gasteiger partial charge in [0.05, 0.1) is 10.6 Å². The van der Waals surface area contributed by atoms with Crippen LogP contribution in [0.15, 0.2) is 34.9 Å². The molecule has 8 nitrogen and oxygen atoms in total. The molecule has 0 fully saturated rings. The van der Waals surface area contributed by atoms with Gasteiger partial charge in [-0.1, -0.05) is 12.2 Å². The van der Waals surface area contributed by atoms with Crippen molar-refractivity contribution in [3.8, 4) is 0 Å². The largest absolute Gasteiger partial charge is 0.406 e. The van der Waals surface area contributed by atoms with Crippen LogP contribution in [0.3, 0.4) is 0 Å². The van der Waals surface area contributed by atoms with Crippen LogP contribution in [0.1, 0.15) is 25.7 Å². The highest BCUT2D eigenvalue weighted by Crippen LogP contribution is 2.53. The van der Waals surface area contributed by atoms with Gasteiger partial charge in [0.1, 0.15) is 0 Å². The zero-order valence-corrected chi connectivity index (χ0v) is 20.5. The molecule has 0 radical (unpaired) electrons. The van der Waals surface area contributed by atoms with E-state index in [0.29, 0.717) is 12.2 Å². The number of allylic oxidation sites excluding steroid dienone is 4. The molecule has 0 saturated heterocycles. The van der Waals surface area contributed by atoms with Crippen LogP contribution in [0.2, 0.25) is 0 Å². The number of alkyl halides is 4. The minimum atomic E-state index is -4.52. The van der Waals surface area contributed by atoms with E-state index >= 15 is 0 Å². The van der Waals surface area contributed by atoms with E-state index < -0.39 is 27.1 Å². The average molecular weight is 546 g/mol. The van der Waals surface area contributed by atoms with Crippen LogP contribution in [0.5, 0.6) is 0 Å². The van der Waals surface area contributed by atoms with Crippen molar-refractivity contribution in [1.82, 2.24) is 0 Å². The maximum absolute atomic E-state index is 12.2. The normalized spacial score (nSPS) is 16.7. The van der Waals surface area contributed by atoms with E-state index in [0.717, 1.165) is 0 Å². The summed E-state index contributed by atoms with van der Waals surface area (Å²) in [5.74, 6) is -2.31.